The van der Waals surface area contributed by atoms with Gasteiger partial charge in [-0.1, -0.05) is 24.3 Å². The first-order valence-electron chi connectivity index (χ1n) is 11.1. The molecule has 35 heavy (non-hydrogen) atoms. The van der Waals surface area contributed by atoms with Crippen molar-refractivity contribution in [3.63, 3.8) is 0 Å². The Morgan fingerprint density at radius 2 is 1.86 bits per heavy atom. The number of ether oxygens (including phenoxy) is 1. The van der Waals surface area contributed by atoms with Gasteiger partial charge >= 0.3 is 0 Å². The van der Waals surface area contributed by atoms with Crippen LogP contribution in [0.1, 0.15) is 34.9 Å². The predicted molar refractivity (Wildman–Crippen MR) is 125 cm³/mol. The summed E-state index contributed by atoms with van der Waals surface area (Å²) in [6.45, 7) is 2.16. The molecule has 1 N–H and O–H groups in total. The van der Waals surface area contributed by atoms with E-state index in [1.807, 2.05) is 37.3 Å². The van der Waals surface area contributed by atoms with Gasteiger partial charge < -0.3 is 10.1 Å². The molecule has 0 unspecified atom stereocenters. The van der Waals surface area contributed by atoms with Gasteiger partial charge in [-0.15, -0.1) is 15.3 Å². The second kappa shape index (κ2) is 8.32. The van der Waals surface area contributed by atoms with Gasteiger partial charge in [0.05, 0.1) is 6.20 Å². The Morgan fingerprint density at radius 1 is 1.06 bits per heavy atom. The van der Waals surface area contributed by atoms with Gasteiger partial charge in [0.25, 0.3) is 0 Å². The molecule has 2 aromatic carbocycles. The van der Waals surface area contributed by atoms with E-state index in [2.05, 4.69) is 25.7 Å². The maximum atomic E-state index is 13.1. The number of hydrogen-bond donors (Lipinski definition) is 1. The summed E-state index contributed by atoms with van der Waals surface area (Å²) in [5.41, 5.74) is 3.40. The van der Waals surface area contributed by atoms with E-state index in [9.17, 15) is 9.18 Å². The molecule has 10 heteroatoms. The van der Waals surface area contributed by atoms with E-state index in [0.717, 1.165) is 16.7 Å². The minimum atomic E-state index is -0.275. The number of anilines is 1. The number of hydrogen-bond acceptors (Lipinski definition) is 6. The van der Waals surface area contributed by atoms with Crippen molar-refractivity contribution >= 4 is 17.4 Å². The quantitative estimate of drug-likeness (QED) is 0.420. The minimum Gasteiger partial charge on any atom is -0.489 e. The number of carbonyl (C=O) groups excluding carboxylic acids is 1. The Hall–Kier alpha value is -4.60. The van der Waals surface area contributed by atoms with E-state index in [1.165, 1.54) is 12.1 Å². The van der Waals surface area contributed by atoms with Crippen LogP contribution in [0.15, 0.2) is 66.9 Å². The number of benzene rings is 2. The number of aryl methyl sites for hydroxylation is 1. The van der Waals surface area contributed by atoms with Gasteiger partial charge in [-0.25, -0.2) is 4.39 Å². The standard InChI is InChI=1S/C25H20FN7O2/c1-15-29-30-22-10-11-23(31-32(15)22)33-25-21(13-27-33)20(12-24(34)28-25)17-4-8-19(9-5-17)35-14-16-2-6-18(26)7-3-16/h2-11,13,20H,12,14H2,1H3,(H,28,34)/t20-/m1/s1. The number of aromatic nitrogens is 6. The molecule has 0 bridgehead atoms. The summed E-state index contributed by atoms with van der Waals surface area (Å²) < 4.78 is 22.2. The molecule has 0 radical (unpaired) electrons. The highest BCUT2D eigenvalue weighted by Crippen LogP contribution is 2.38. The zero-order chi connectivity index (χ0) is 23.9. The predicted octanol–water partition coefficient (Wildman–Crippen LogP) is 3.81. The number of nitrogens with one attached hydrogen (secondary N) is 1. The number of amides is 1. The zero-order valence-corrected chi connectivity index (χ0v) is 18.7. The van der Waals surface area contributed by atoms with Crippen molar-refractivity contribution in [1.82, 2.24) is 29.6 Å². The van der Waals surface area contributed by atoms with Crippen molar-refractivity contribution in [1.29, 1.82) is 0 Å². The first-order valence-corrected chi connectivity index (χ1v) is 11.1. The smallest absolute Gasteiger partial charge is 0.226 e. The van der Waals surface area contributed by atoms with Crippen LogP contribution in [0.4, 0.5) is 10.2 Å². The van der Waals surface area contributed by atoms with E-state index in [-0.39, 0.29) is 17.6 Å². The summed E-state index contributed by atoms with van der Waals surface area (Å²) >= 11 is 0. The van der Waals surface area contributed by atoms with E-state index in [1.54, 1.807) is 33.6 Å². The third-order valence-corrected chi connectivity index (χ3v) is 6.04. The van der Waals surface area contributed by atoms with Crippen molar-refractivity contribution in [2.45, 2.75) is 25.9 Å². The lowest BCUT2D eigenvalue weighted by Crippen LogP contribution is -2.24. The fourth-order valence-electron chi connectivity index (χ4n) is 4.23. The number of nitrogens with zero attached hydrogens (tertiary/aromatic N) is 6. The van der Waals surface area contributed by atoms with Gasteiger partial charge in [0.15, 0.2) is 17.3 Å². The normalized spacial score (nSPS) is 15.1. The molecule has 1 atom stereocenters. The maximum absolute atomic E-state index is 13.1. The lowest BCUT2D eigenvalue weighted by Gasteiger charge is -2.23. The van der Waals surface area contributed by atoms with Crippen LogP contribution in [0.3, 0.4) is 0 Å². The molecule has 0 fully saturated rings. The molecular formula is C25H20FN7O2. The van der Waals surface area contributed by atoms with Crippen LogP contribution in [-0.2, 0) is 11.4 Å². The molecule has 0 aliphatic carbocycles. The summed E-state index contributed by atoms with van der Waals surface area (Å²) in [5, 5.41) is 20.1. The van der Waals surface area contributed by atoms with E-state index >= 15 is 0 Å². The largest absolute Gasteiger partial charge is 0.489 e. The van der Waals surface area contributed by atoms with Gasteiger partial charge in [0.1, 0.15) is 24.0 Å². The van der Waals surface area contributed by atoms with Crippen LogP contribution in [0.5, 0.6) is 5.75 Å². The molecule has 0 saturated carbocycles. The van der Waals surface area contributed by atoms with Crippen LogP contribution >= 0.6 is 0 Å². The summed E-state index contributed by atoms with van der Waals surface area (Å²) in [6.07, 6.45) is 2.08. The molecule has 1 aliphatic heterocycles. The topological polar surface area (TPSA) is 99.2 Å². The third kappa shape index (κ3) is 3.88. The Morgan fingerprint density at radius 3 is 2.66 bits per heavy atom. The first-order chi connectivity index (χ1) is 17.0. The summed E-state index contributed by atoms with van der Waals surface area (Å²) in [6, 6.07) is 17.5. The number of rotatable bonds is 5. The lowest BCUT2D eigenvalue weighted by atomic mass is 9.87. The molecule has 5 aromatic rings. The van der Waals surface area contributed by atoms with Gasteiger partial charge in [0.2, 0.25) is 5.91 Å². The monoisotopic (exact) mass is 469 g/mol. The Balaban J connectivity index is 1.26. The minimum absolute atomic E-state index is 0.0950. The molecule has 3 aromatic heterocycles. The van der Waals surface area contributed by atoms with Crippen LogP contribution in [-0.4, -0.2) is 35.5 Å². The van der Waals surface area contributed by atoms with E-state index < -0.39 is 0 Å². The first kappa shape index (κ1) is 21.0. The molecule has 1 aliphatic rings. The SMILES string of the molecule is Cc1nnc2ccc(-n3ncc4c3NC(=O)C[C@@H]4c3ccc(OCc4ccc(F)cc4)cc3)nn12. The van der Waals surface area contributed by atoms with Crippen LogP contribution in [0, 0.1) is 12.7 Å². The molecule has 1 amide bonds. The maximum Gasteiger partial charge on any atom is 0.226 e. The van der Waals surface area contributed by atoms with Crippen molar-refractivity contribution in [2.75, 3.05) is 5.32 Å². The summed E-state index contributed by atoms with van der Waals surface area (Å²) in [7, 11) is 0. The van der Waals surface area contributed by atoms with Crippen LogP contribution < -0.4 is 10.1 Å². The second-order valence-corrected chi connectivity index (χ2v) is 8.36. The Labute approximate surface area is 199 Å². The number of fused-ring (bicyclic) bond motifs is 2. The van der Waals surface area contributed by atoms with Crippen molar-refractivity contribution in [3.05, 3.63) is 95.2 Å². The third-order valence-electron chi connectivity index (χ3n) is 6.04. The zero-order valence-electron chi connectivity index (χ0n) is 18.7. The Kier molecular flexibility index (Phi) is 4.98. The van der Waals surface area contributed by atoms with Crippen molar-refractivity contribution in [3.8, 4) is 11.6 Å². The fourth-order valence-corrected chi connectivity index (χ4v) is 4.23. The molecule has 0 spiro atoms. The molecule has 174 valence electrons. The average Bonchev–Trinajstić information content (AvgIpc) is 3.47. The lowest BCUT2D eigenvalue weighted by molar-refractivity contribution is -0.116. The second-order valence-electron chi connectivity index (χ2n) is 8.36. The van der Waals surface area contributed by atoms with Gasteiger partial charge in [-0.2, -0.15) is 14.3 Å². The number of carbonyl (C=O) groups is 1. The molecule has 4 heterocycles. The van der Waals surface area contributed by atoms with Gasteiger partial charge in [-0.3, -0.25) is 4.79 Å². The highest BCUT2D eigenvalue weighted by Gasteiger charge is 2.30. The van der Waals surface area contributed by atoms with Crippen LogP contribution in [0.2, 0.25) is 0 Å². The van der Waals surface area contributed by atoms with Crippen LogP contribution in [0.25, 0.3) is 11.5 Å². The summed E-state index contributed by atoms with van der Waals surface area (Å²) in [4.78, 5) is 12.6. The molecule has 0 saturated heterocycles. The fraction of sp³-hybridized carbons (Fsp3) is 0.160. The van der Waals surface area contributed by atoms with Gasteiger partial charge in [0, 0.05) is 17.9 Å². The number of halogens is 1. The molecule has 9 nitrogen and oxygen atoms in total. The highest BCUT2D eigenvalue weighted by molar-refractivity contribution is 5.94. The van der Waals surface area contributed by atoms with Gasteiger partial charge in [-0.05, 0) is 54.4 Å². The van der Waals surface area contributed by atoms with E-state index in [0.29, 0.717) is 41.9 Å². The average molecular weight is 469 g/mol. The molecule has 6 rings (SSSR count). The van der Waals surface area contributed by atoms with Crippen molar-refractivity contribution < 1.29 is 13.9 Å². The van der Waals surface area contributed by atoms with Crippen molar-refractivity contribution in [2.24, 2.45) is 0 Å². The Bertz CT molecular complexity index is 1540. The molecular weight excluding hydrogens is 449 g/mol. The highest BCUT2D eigenvalue weighted by atomic mass is 19.1. The van der Waals surface area contributed by atoms with E-state index in [4.69, 9.17) is 4.74 Å². The summed E-state index contributed by atoms with van der Waals surface area (Å²) in [5.74, 6) is 1.97.